The highest BCUT2D eigenvalue weighted by molar-refractivity contribution is 4.86. The molecule has 0 saturated heterocycles. The molecule has 2 fully saturated rings. The van der Waals surface area contributed by atoms with E-state index in [1.807, 2.05) is 20.8 Å². The van der Waals surface area contributed by atoms with Gasteiger partial charge in [0.15, 0.2) is 0 Å². The molecule has 4 atom stereocenters. The minimum atomic E-state index is -1.21. The Labute approximate surface area is 124 Å². The van der Waals surface area contributed by atoms with Crippen LogP contribution in [0.25, 0.3) is 0 Å². The Kier molecular flexibility index (Phi) is 8.06. The predicted octanol–water partition coefficient (Wildman–Crippen LogP) is 6.34. The smallest absolute Gasteiger partial charge is 0.134 e. The summed E-state index contributed by atoms with van der Waals surface area (Å²) in [5.74, 6) is 1.58. The van der Waals surface area contributed by atoms with Gasteiger partial charge in [0.25, 0.3) is 0 Å². The molecule has 0 aromatic rings. The average Bonchev–Trinajstić information content (AvgIpc) is 2.48. The van der Waals surface area contributed by atoms with Gasteiger partial charge in [-0.1, -0.05) is 59.8 Å². The monoisotopic (exact) mass is 288 g/mol. The predicted molar refractivity (Wildman–Crippen MR) is 83.4 cm³/mol. The van der Waals surface area contributed by atoms with Crippen molar-refractivity contribution in [2.75, 3.05) is 0 Å². The van der Waals surface area contributed by atoms with Gasteiger partial charge in [0.1, 0.15) is 12.3 Å². The van der Waals surface area contributed by atoms with Crippen LogP contribution in [-0.2, 0) is 0 Å². The van der Waals surface area contributed by atoms with Crippen molar-refractivity contribution in [3.05, 3.63) is 0 Å². The maximum absolute atomic E-state index is 13.9. The van der Waals surface area contributed by atoms with Crippen LogP contribution in [0.15, 0.2) is 0 Å². The zero-order valence-electron chi connectivity index (χ0n) is 13.9. The van der Waals surface area contributed by atoms with E-state index >= 15 is 0 Å². The molecule has 2 aliphatic rings. The standard InChI is InChI=1S/C16H28F2.C2H6/c1-11-3-6-13(7-4-11)8-10-14-9-5-12(2)15(17)16(14)18;1-2/h11-16H,3-10H2,1-2H3;1-2H3. The molecule has 0 aromatic carbocycles. The van der Waals surface area contributed by atoms with E-state index in [1.165, 1.54) is 25.7 Å². The summed E-state index contributed by atoms with van der Waals surface area (Å²) in [7, 11) is 0. The van der Waals surface area contributed by atoms with Crippen molar-refractivity contribution in [1.82, 2.24) is 0 Å². The first kappa shape index (κ1) is 17.9. The summed E-state index contributed by atoms with van der Waals surface area (Å²) < 4.78 is 27.6. The number of halogens is 2. The molecule has 4 unspecified atom stereocenters. The summed E-state index contributed by atoms with van der Waals surface area (Å²) in [5.41, 5.74) is 0. The maximum Gasteiger partial charge on any atom is 0.134 e. The fraction of sp³-hybridized carbons (Fsp3) is 1.00. The highest BCUT2D eigenvalue weighted by atomic mass is 19.2. The lowest BCUT2D eigenvalue weighted by molar-refractivity contribution is 0.0230. The van der Waals surface area contributed by atoms with Gasteiger partial charge in [-0.15, -0.1) is 0 Å². The highest BCUT2D eigenvalue weighted by Crippen LogP contribution is 2.38. The fourth-order valence-corrected chi connectivity index (χ4v) is 3.74. The minimum absolute atomic E-state index is 0.00412. The summed E-state index contributed by atoms with van der Waals surface area (Å²) in [6, 6.07) is 0. The zero-order chi connectivity index (χ0) is 15.1. The van der Waals surface area contributed by atoms with Gasteiger partial charge in [-0.2, -0.15) is 0 Å². The molecular formula is C18H34F2. The third-order valence-corrected chi connectivity index (χ3v) is 5.37. The lowest BCUT2D eigenvalue weighted by Crippen LogP contribution is -2.37. The number of hydrogen-bond acceptors (Lipinski definition) is 0. The van der Waals surface area contributed by atoms with Crippen molar-refractivity contribution < 1.29 is 8.78 Å². The largest absolute Gasteiger partial charge is 0.244 e. The molecular weight excluding hydrogens is 254 g/mol. The SMILES string of the molecule is CC.CC1CCC(CCC2CCC(C)C(F)C2F)CC1. The van der Waals surface area contributed by atoms with Gasteiger partial charge >= 0.3 is 0 Å². The molecule has 120 valence electrons. The van der Waals surface area contributed by atoms with E-state index in [0.29, 0.717) is 0 Å². The van der Waals surface area contributed by atoms with Crippen LogP contribution in [0, 0.1) is 23.7 Å². The Morgan fingerprint density at radius 3 is 1.95 bits per heavy atom. The van der Waals surface area contributed by atoms with Crippen molar-refractivity contribution in [1.29, 1.82) is 0 Å². The number of alkyl halides is 2. The number of rotatable bonds is 3. The lowest BCUT2D eigenvalue weighted by Gasteiger charge is -2.34. The van der Waals surface area contributed by atoms with Crippen LogP contribution in [0.2, 0.25) is 0 Å². The molecule has 0 heterocycles. The van der Waals surface area contributed by atoms with Crippen LogP contribution in [0.4, 0.5) is 8.78 Å². The molecule has 2 saturated carbocycles. The molecule has 0 aromatic heterocycles. The van der Waals surface area contributed by atoms with E-state index in [-0.39, 0.29) is 11.8 Å². The van der Waals surface area contributed by atoms with E-state index in [1.54, 1.807) is 0 Å². The molecule has 0 radical (unpaired) electrons. The van der Waals surface area contributed by atoms with E-state index in [0.717, 1.165) is 37.5 Å². The Bertz CT molecular complexity index is 246. The fourth-order valence-electron chi connectivity index (χ4n) is 3.74. The topological polar surface area (TPSA) is 0 Å². The van der Waals surface area contributed by atoms with Gasteiger partial charge in [0.05, 0.1) is 0 Å². The van der Waals surface area contributed by atoms with E-state index in [2.05, 4.69) is 6.92 Å². The van der Waals surface area contributed by atoms with Crippen molar-refractivity contribution in [3.63, 3.8) is 0 Å². The molecule has 2 aliphatic carbocycles. The Balaban J connectivity index is 0.000000956. The lowest BCUT2D eigenvalue weighted by atomic mass is 9.75. The summed E-state index contributed by atoms with van der Waals surface area (Å²) in [4.78, 5) is 0. The van der Waals surface area contributed by atoms with Gasteiger partial charge < -0.3 is 0 Å². The first-order valence-corrected chi connectivity index (χ1v) is 8.86. The summed E-state index contributed by atoms with van der Waals surface area (Å²) >= 11 is 0. The van der Waals surface area contributed by atoms with Crippen molar-refractivity contribution >= 4 is 0 Å². The normalized spacial score (nSPS) is 41.7. The van der Waals surface area contributed by atoms with E-state index in [4.69, 9.17) is 0 Å². The van der Waals surface area contributed by atoms with E-state index < -0.39 is 12.3 Å². The Morgan fingerprint density at radius 1 is 0.750 bits per heavy atom. The molecule has 0 bridgehead atoms. The summed E-state index contributed by atoms with van der Waals surface area (Å²) in [6.07, 6.45) is 6.66. The molecule has 0 spiro atoms. The average molecular weight is 288 g/mol. The first-order chi connectivity index (χ1) is 9.58. The first-order valence-electron chi connectivity index (χ1n) is 8.86. The van der Waals surface area contributed by atoms with Gasteiger partial charge in [-0.3, -0.25) is 0 Å². The van der Waals surface area contributed by atoms with Gasteiger partial charge in [0.2, 0.25) is 0 Å². The van der Waals surface area contributed by atoms with Crippen LogP contribution < -0.4 is 0 Å². The molecule has 2 heteroatoms. The van der Waals surface area contributed by atoms with Crippen LogP contribution in [-0.4, -0.2) is 12.3 Å². The third kappa shape index (κ3) is 5.00. The van der Waals surface area contributed by atoms with Crippen LogP contribution in [0.5, 0.6) is 0 Å². The molecule has 0 amide bonds. The van der Waals surface area contributed by atoms with Crippen molar-refractivity contribution in [2.45, 2.75) is 91.4 Å². The Hall–Kier alpha value is -0.140. The minimum Gasteiger partial charge on any atom is -0.244 e. The van der Waals surface area contributed by atoms with Crippen molar-refractivity contribution in [2.24, 2.45) is 23.7 Å². The summed E-state index contributed by atoms with van der Waals surface area (Å²) in [6.45, 7) is 8.17. The van der Waals surface area contributed by atoms with Gasteiger partial charge in [-0.25, -0.2) is 8.78 Å². The van der Waals surface area contributed by atoms with Crippen molar-refractivity contribution in [3.8, 4) is 0 Å². The number of hydrogen-bond donors (Lipinski definition) is 0. The molecule has 0 aliphatic heterocycles. The second-order valence-corrected chi connectivity index (χ2v) is 6.91. The quantitative estimate of drug-likeness (QED) is 0.568. The molecule has 0 nitrogen and oxygen atoms in total. The maximum atomic E-state index is 13.9. The third-order valence-electron chi connectivity index (χ3n) is 5.37. The van der Waals surface area contributed by atoms with Crippen LogP contribution >= 0.6 is 0 Å². The van der Waals surface area contributed by atoms with Crippen LogP contribution in [0.1, 0.15) is 79.1 Å². The van der Waals surface area contributed by atoms with Crippen LogP contribution in [0.3, 0.4) is 0 Å². The highest BCUT2D eigenvalue weighted by Gasteiger charge is 2.37. The summed E-state index contributed by atoms with van der Waals surface area (Å²) in [5, 5.41) is 0. The molecule has 2 rings (SSSR count). The Morgan fingerprint density at radius 2 is 1.35 bits per heavy atom. The molecule has 0 N–H and O–H groups in total. The second kappa shape index (κ2) is 9.00. The van der Waals surface area contributed by atoms with Gasteiger partial charge in [0, 0.05) is 0 Å². The zero-order valence-corrected chi connectivity index (χ0v) is 13.9. The van der Waals surface area contributed by atoms with Gasteiger partial charge in [-0.05, 0) is 42.9 Å². The van der Waals surface area contributed by atoms with E-state index in [9.17, 15) is 8.78 Å². The molecule has 20 heavy (non-hydrogen) atoms. The second-order valence-electron chi connectivity index (χ2n) is 6.91.